The average Bonchev–Trinajstić information content (AvgIpc) is 1.54. The van der Waals surface area contributed by atoms with E-state index in [0.717, 1.165) is 40.5 Å². The van der Waals surface area contributed by atoms with Crippen molar-refractivity contribution in [2.75, 3.05) is 9.80 Å². The smallest absolute Gasteiger partial charge is 0.0468 e. The van der Waals surface area contributed by atoms with Gasteiger partial charge in [-0.3, -0.25) is 0 Å². The summed E-state index contributed by atoms with van der Waals surface area (Å²) in [7, 11) is 0. The second kappa shape index (κ2) is 22.5. The van der Waals surface area contributed by atoms with Crippen LogP contribution in [0.3, 0.4) is 0 Å². The summed E-state index contributed by atoms with van der Waals surface area (Å²) in [4.78, 5) is 4.82. The van der Waals surface area contributed by atoms with Crippen molar-refractivity contribution in [3.05, 3.63) is 374 Å². The number of rotatable bonds is 11. The van der Waals surface area contributed by atoms with E-state index in [1.54, 1.807) is 0 Å². The zero-order valence-corrected chi connectivity index (χ0v) is 55.0. The van der Waals surface area contributed by atoms with Gasteiger partial charge in [0.1, 0.15) is 0 Å². The van der Waals surface area contributed by atoms with Crippen molar-refractivity contribution in [1.29, 1.82) is 0 Å². The highest BCUT2D eigenvalue weighted by atomic mass is 15.1. The second-order valence-corrected chi connectivity index (χ2v) is 27.8. The molecule has 98 heavy (non-hydrogen) atoms. The first-order valence-corrected chi connectivity index (χ1v) is 34.4. The third kappa shape index (κ3) is 9.31. The molecule has 0 amide bonds. The Morgan fingerprint density at radius 2 is 0.571 bits per heavy atom. The maximum absolute atomic E-state index is 2.48. The van der Waals surface area contributed by atoms with Gasteiger partial charge in [-0.15, -0.1) is 0 Å². The largest absolute Gasteiger partial charge is 0.310 e. The van der Waals surface area contributed by atoms with Crippen molar-refractivity contribution in [3.63, 3.8) is 0 Å². The molecule has 2 aliphatic carbocycles. The van der Waals surface area contributed by atoms with Gasteiger partial charge in [-0.25, -0.2) is 0 Å². The molecule has 0 heterocycles. The van der Waals surface area contributed by atoms with Crippen LogP contribution in [0.25, 0.3) is 120 Å². The highest BCUT2D eigenvalue weighted by molar-refractivity contribution is 6.19. The molecule has 0 spiro atoms. The lowest BCUT2D eigenvalue weighted by Crippen LogP contribution is -2.24. The molecule has 2 aliphatic rings. The molecule has 462 valence electrons. The van der Waals surface area contributed by atoms with E-state index >= 15 is 0 Å². The third-order valence-corrected chi connectivity index (χ3v) is 21.9. The first-order valence-electron chi connectivity index (χ1n) is 34.4. The van der Waals surface area contributed by atoms with Crippen LogP contribution in [0.1, 0.15) is 48.6 Å². The first-order chi connectivity index (χ1) is 48.2. The molecule has 17 aromatic rings. The number of hydrogen-bond donors (Lipinski definition) is 0. The summed E-state index contributed by atoms with van der Waals surface area (Å²) in [6.07, 6.45) is 0.857. The number of para-hydroxylation sites is 1. The summed E-state index contributed by atoms with van der Waals surface area (Å²) >= 11 is 0. The van der Waals surface area contributed by atoms with Crippen molar-refractivity contribution in [2.45, 2.75) is 38.0 Å². The SMILES string of the molecule is CC1(C)c2ccccc2-c2cc(N(c3ccccc3)c3ccc(-c4ccc5c(ccc6c7cc(CC8(C)c9ccccc9-c9cc(N(c%10ccc(-c%11ccccc%11)cc%10)c%10ccc(-c%11ccc%12c(ccc%13c%14ccccc%14ccc%12%13)c%11)cc%10)ccc98)ccc7ccc56)c4)cc3)ccc21. The standard InChI is InChI=1S/C96H68N2/c1-95(2)91-24-14-12-22-86(91)89-59-77(46-54-92(89)95)97(73-19-8-5-9-20-73)74-42-30-65(31-43-74)70-37-49-81-72(58-70)39-53-85-84(81)51-35-68-27-26-62(56-88(68)85)61-96(3)93-25-15-13-23-87(93)90-60-78(47-55-94(90)96)98(75-40-28-64(29-41-75)63-16-6-4-7-17-63)76-44-32-66(33-45-76)69-36-48-80-71(57-69)38-52-82-79-21-11-10-18-67(79)34-50-83(80)82/h4-60H,61H2,1-3H3. The minimum absolute atomic E-state index is 0.0482. The monoisotopic (exact) mass is 1250 g/mol. The zero-order chi connectivity index (χ0) is 65.2. The summed E-state index contributed by atoms with van der Waals surface area (Å²) in [6, 6.07) is 129. The zero-order valence-electron chi connectivity index (χ0n) is 55.0. The lowest BCUT2D eigenvalue weighted by Gasteiger charge is -2.29. The normalized spacial score (nSPS) is 14.2. The lowest BCUT2D eigenvalue weighted by molar-refractivity contribution is 0.583. The predicted molar refractivity (Wildman–Crippen MR) is 417 cm³/mol. The maximum atomic E-state index is 2.48. The molecule has 1 unspecified atom stereocenters. The fourth-order valence-corrected chi connectivity index (χ4v) is 16.9. The van der Waals surface area contributed by atoms with Crippen LogP contribution < -0.4 is 9.80 Å². The van der Waals surface area contributed by atoms with E-state index in [2.05, 4.69) is 376 Å². The van der Waals surface area contributed by atoms with E-state index in [4.69, 9.17) is 0 Å². The van der Waals surface area contributed by atoms with Gasteiger partial charge in [0.25, 0.3) is 0 Å². The molecule has 19 rings (SSSR count). The topological polar surface area (TPSA) is 6.48 Å². The summed E-state index contributed by atoms with van der Waals surface area (Å²) < 4.78 is 0. The Morgan fingerprint density at radius 1 is 0.214 bits per heavy atom. The Kier molecular flexibility index (Phi) is 13.2. The number of anilines is 6. The van der Waals surface area contributed by atoms with Gasteiger partial charge in [-0.1, -0.05) is 282 Å². The maximum Gasteiger partial charge on any atom is 0.0468 e. The van der Waals surface area contributed by atoms with Crippen LogP contribution in [-0.2, 0) is 17.3 Å². The molecule has 2 heteroatoms. The molecule has 0 saturated heterocycles. The fourth-order valence-electron chi connectivity index (χ4n) is 16.9. The summed E-state index contributed by atoms with van der Waals surface area (Å²) in [5.74, 6) is 0. The summed E-state index contributed by atoms with van der Waals surface area (Å²) in [5, 5.41) is 15.2. The molecule has 1 atom stereocenters. The molecular weight excluding hydrogens is 1180 g/mol. The van der Waals surface area contributed by atoms with Gasteiger partial charge in [0, 0.05) is 45.0 Å². The van der Waals surface area contributed by atoms with Crippen LogP contribution in [0.15, 0.2) is 346 Å². The van der Waals surface area contributed by atoms with Crippen molar-refractivity contribution < 1.29 is 0 Å². The second-order valence-electron chi connectivity index (χ2n) is 27.8. The Labute approximate surface area is 572 Å². The van der Waals surface area contributed by atoms with Crippen LogP contribution in [0, 0.1) is 0 Å². The molecule has 0 fully saturated rings. The Morgan fingerprint density at radius 3 is 1.15 bits per heavy atom. The lowest BCUT2D eigenvalue weighted by atomic mass is 9.75. The van der Waals surface area contributed by atoms with Crippen molar-refractivity contribution >= 4 is 98.8 Å². The van der Waals surface area contributed by atoms with Crippen molar-refractivity contribution in [1.82, 2.24) is 0 Å². The quantitative estimate of drug-likeness (QED) is 0.119. The van der Waals surface area contributed by atoms with Gasteiger partial charge >= 0.3 is 0 Å². The van der Waals surface area contributed by atoms with E-state index in [1.165, 1.54) is 148 Å². The Bertz CT molecular complexity index is 6050. The number of hydrogen-bond acceptors (Lipinski definition) is 2. The molecule has 0 N–H and O–H groups in total. The summed E-state index contributed by atoms with van der Waals surface area (Å²) in [6.45, 7) is 7.16. The van der Waals surface area contributed by atoms with Crippen LogP contribution >= 0.6 is 0 Å². The van der Waals surface area contributed by atoms with Gasteiger partial charge < -0.3 is 9.80 Å². The fraction of sp³-hybridized carbons (Fsp3) is 0.0625. The molecule has 17 aromatic carbocycles. The van der Waals surface area contributed by atoms with Crippen LogP contribution in [-0.4, -0.2) is 0 Å². The minimum Gasteiger partial charge on any atom is -0.310 e. The number of benzene rings is 17. The molecular formula is C96H68N2. The average molecular weight is 1250 g/mol. The van der Waals surface area contributed by atoms with E-state index < -0.39 is 0 Å². The van der Waals surface area contributed by atoms with Crippen molar-refractivity contribution in [2.24, 2.45) is 0 Å². The molecule has 0 saturated carbocycles. The molecule has 0 aliphatic heterocycles. The van der Waals surface area contributed by atoms with E-state index in [-0.39, 0.29) is 10.8 Å². The highest BCUT2D eigenvalue weighted by Crippen LogP contribution is 2.54. The van der Waals surface area contributed by atoms with Crippen LogP contribution in [0.5, 0.6) is 0 Å². The third-order valence-electron chi connectivity index (χ3n) is 21.9. The van der Waals surface area contributed by atoms with Gasteiger partial charge in [0.05, 0.1) is 0 Å². The van der Waals surface area contributed by atoms with Crippen LogP contribution in [0.2, 0.25) is 0 Å². The van der Waals surface area contributed by atoms with E-state index in [1.807, 2.05) is 0 Å². The Balaban J connectivity index is 0.632. The van der Waals surface area contributed by atoms with Gasteiger partial charge in [-0.2, -0.15) is 0 Å². The van der Waals surface area contributed by atoms with Gasteiger partial charge in [-0.05, 0) is 239 Å². The van der Waals surface area contributed by atoms with Crippen LogP contribution in [0.4, 0.5) is 34.1 Å². The van der Waals surface area contributed by atoms with E-state index in [0.29, 0.717) is 0 Å². The number of nitrogens with zero attached hydrogens (tertiary/aromatic N) is 2. The van der Waals surface area contributed by atoms with E-state index in [9.17, 15) is 0 Å². The van der Waals surface area contributed by atoms with Gasteiger partial charge in [0.2, 0.25) is 0 Å². The molecule has 0 radical (unpaired) electrons. The Hall–Kier alpha value is -12.1. The molecule has 0 bridgehead atoms. The van der Waals surface area contributed by atoms with Crippen molar-refractivity contribution in [3.8, 4) is 55.6 Å². The first kappa shape index (κ1) is 57.4. The molecule has 2 nitrogen and oxygen atoms in total. The molecule has 0 aromatic heterocycles. The minimum atomic E-state index is -0.278. The van der Waals surface area contributed by atoms with Gasteiger partial charge in [0.15, 0.2) is 0 Å². The summed E-state index contributed by atoms with van der Waals surface area (Å²) in [5.41, 5.74) is 25.6. The predicted octanol–water partition coefficient (Wildman–Crippen LogP) is 26.4. The number of fused-ring (bicyclic) bond motifs is 16. The highest BCUT2D eigenvalue weighted by Gasteiger charge is 2.40.